The van der Waals surface area contributed by atoms with E-state index in [-0.39, 0.29) is 12.6 Å². The third-order valence-electron chi connectivity index (χ3n) is 3.81. The van der Waals surface area contributed by atoms with Crippen molar-refractivity contribution in [1.29, 1.82) is 0 Å². The number of ether oxygens (including phenoxy) is 1. The maximum atomic E-state index is 14.1. The molecule has 0 amide bonds. The molecular formula is C19H18FN3O2. The van der Waals surface area contributed by atoms with Crippen molar-refractivity contribution >= 4 is 5.69 Å². The summed E-state index contributed by atoms with van der Waals surface area (Å²) in [7, 11) is 1.48. The van der Waals surface area contributed by atoms with Crippen LogP contribution >= 0.6 is 0 Å². The number of nitrogens with one attached hydrogen (secondary N) is 1. The minimum Gasteiger partial charge on any atom is -0.481 e. The Bertz CT molecular complexity index is 843. The van der Waals surface area contributed by atoms with Gasteiger partial charge in [-0.3, -0.25) is 4.98 Å². The average Bonchev–Trinajstić information content (AvgIpc) is 2.67. The number of hydrogen-bond acceptors (Lipinski definition) is 5. The number of benzene rings is 1. The van der Waals surface area contributed by atoms with E-state index >= 15 is 0 Å². The van der Waals surface area contributed by atoms with Crippen molar-refractivity contribution in [1.82, 2.24) is 9.97 Å². The molecule has 0 aliphatic carbocycles. The number of pyridine rings is 2. The van der Waals surface area contributed by atoms with Crippen LogP contribution in [0.2, 0.25) is 0 Å². The topological polar surface area (TPSA) is 67.3 Å². The van der Waals surface area contributed by atoms with Gasteiger partial charge >= 0.3 is 0 Å². The summed E-state index contributed by atoms with van der Waals surface area (Å²) in [6.07, 6.45) is 4.32. The second-order valence-electron chi connectivity index (χ2n) is 5.46. The molecule has 128 valence electrons. The lowest BCUT2D eigenvalue weighted by Gasteiger charge is -2.18. The van der Waals surface area contributed by atoms with Gasteiger partial charge in [-0.2, -0.15) is 0 Å². The van der Waals surface area contributed by atoms with Crippen LogP contribution in [0.1, 0.15) is 11.6 Å². The highest BCUT2D eigenvalue weighted by Crippen LogP contribution is 2.28. The molecule has 2 N–H and O–H groups in total. The first-order valence-electron chi connectivity index (χ1n) is 7.78. The quantitative estimate of drug-likeness (QED) is 0.720. The van der Waals surface area contributed by atoms with Crippen LogP contribution in [-0.2, 0) is 0 Å². The SMILES string of the molecule is COc1cc(-c2cncc(NC(CO)c3ccccc3)c2)c(F)cn1. The molecule has 1 unspecified atom stereocenters. The Balaban J connectivity index is 1.89. The summed E-state index contributed by atoms with van der Waals surface area (Å²) in [6.45, 7) is -0.0777. The summed E-state index contributed by atoms with van der Waals surface area (Å²) in [6, 6.07) is 12.6. The number of nitrogens with zero attached hydrogens (tertiary/aromatic N) is 2. The fourth-order valence-corrected chi connectivity index (χ4v) is 2.54. The third-order valence-corrected chi connectivity index (χ3v) is 3.81. The summed E-state index contributed by atoms with van der Waals surface area (Å²) < 4.78 is 19.2. The summed E-state index contributed by atoms with van der Waals surface area (Å²) >= 11 is 0. The fraction of sp³-hybridized carbons (Fsp3) is 0.158. The first-order chi connectivity index (χ1) is 12.2. The lowest BCUT2D eigenvalue weighted by atomic mass is 10.1. The monoisotopic (exact) mass is 339 g/mol. The van der Waals surface area contributed by atoms with Crippen molar-refractivity contribution in [3.63, 3.8) is 0 Å². The molecular weight excluding hydrogens is 321 g/mol. The van der Waals surface area contributed by atoms with E-state index in [1.165, 1.54) is 13.2 Å². The zero-order valence-corrected chi connectivity index (χ0v) is 13.7. The minimum absolute atomic E-state index is 0.0777. The van der Waals surface area contributed by atoms with Crippen molar-refractivity contribution < 1.29 is 14.2 Å². The predicted molar refractivity (Wildman–Crippen MR) is 93.9 cm³/mol. The molecule has 0 aliphatic heterocycles. The predicted octanol–water partition coefficient (Wildman–Crippen LogP) is 3.44. The van der Waals surface area contributed by atoms with E-state index in [4.69, 9.17) is 4.74 Å². The third kappa shape index (κ3) is 3.92. The van der Waals surface area contributed by atoms with Gasteiger partial charge in [0, 0.05) is 29.6 Å². The molecule has 3 rings (SSSR count). The molecule has 0 saturated carbocycles. The van der Waals surface area contributed by atoms with E-state index in [1.54, 1.807) is 18.5 Å². The van der Waals surface area contributed by atoms with Gasteiger partial charge in [0.25, 0.3) is 0 Å². The summed E-state index contributed by atoms with van der Waals surface area (Å²) in [5.74, 6) is -0.131. The Labute approximate surface area is 145 Å². The number of halogens is 1. The van der Waals surface area contributed by atoms with Gasteiger partial charge in [-0.1, -0.05) is 30.3 Å². The smallest absolute Gasteiger partial charge is 0.213 e. The normalized spacial score (nSPS) is 11.8. The fourth-order valence-electron chi connectivity index (χ4n) is 2.54. The molecule has 1 aromatic carbocycles. The van der Waals surface area contributed by atoms with Crippen molar-refractivity contribution in [2.75, 3.05) is 19.0 Å². The van der Waals surface area contributed by atoms with Crippen LogP contribution in [0.3, 0.4) is 0 Å². The molecule has 2 heterocycles. The van der Waals surface area contributed by atoms with E-state index in [1.807, 2.05) is 30.3 Å². The highest BCUT2D eigenvalue weighted by atomic mass is 19.1. The van der Waals surface area contributed by atoms with Crippen LogP contribution in [0.4, 0.5) is 10.1 Å². The Morgan fingerprint density at radius 1 is 1.16 bits per heavy atom. The Kier molecular flexibility index (Phi) is 5.20. The van der Waals surface area contributed by atoms with Crippen LogP contribution in [-0.4, -0.2) is 28.8 Å². The van der Waals surface area contributed by atoms with Gasteiger partial charge in [0.05, 0.1) is 31.6 Å². The standard InChI is InChI=1S/C19H18FN3O2/c1-25-19-8-16(17(20)11-22-19)14-7-15(10-21-9-14)23-18(12-24)13-5-3-2-4-6-13/h2-11,18,23-24H,12H2,1H3. The molecule has 0 saturated heterocycles. The van der Waals surface area contributed by atoms with E-state index in [9.17, 15) is 9.50 Å². The number of anilines is 1. The van der Waals surface area contributed by atoms with Crippen LogP contribution in [0, 0.1) is 5.82 Å². The van der Waals surface area contributed by atoms with Gasteiger partial charge in [0.2, 0.25) is 5.88 Å². The molecule has 0 radical (unpaired) electrons. The van der Waals surface area contributed by atoms with Gasteiger partial charge in [-0.25, -0.2) is 9.37 Å². The summed E-state index contributed by atoms with van der Waals surface area (Å²) in [4.78, 5) is 8.01. The van der Waals surface area contributed by atoms with Gasteiger partial charge in [0.1, 0.15) is 5.82 Å². The van der Waals surface area contributed by atoms with Crippen molar-refractivity contribution in [2.24, 2.45) is 0 Å². The lowest BCUT2D eigenvalue weighted by molar-refractivity contribution is 0.276. The maximum absolute atomic E-state index is 14.1. The number of rotatable bonds is 6. The molecule has 3 aromatic rings. The molecule has 25 heavy (non-hydrogen) atoms. The van der Waals surface area contributed by atoms with Crippen LogP contribution in [0.25, 0.3) is 11.1 Å². The van der Waals surface area contributed by atoms with Gasteiger partial charge < -0.3 is 15.2 Å². The molecule has 0 spiro atoms. The minimum atomic E-state index is -0.457. The molecule has 1 atom stereocenters. The second-order valence-corrected chi connectivity index (χ2v) is 5.46. The van der Waals surface area contributed by atoms with E-state index < -0.39 is 5.82 Å². The van der Waals surface area contributed by atoms with Crippen molar-refractivity contribution in [3.05, 3.63) is 72.4 Å². The number of aliphatic hydroxyl groups is 1. The number of hydrogen-bond donors (Lipinski definition) is 2. The Morgan fingerprint density at radius 2 is 1.96 bits per heavy atom. The molecule has 0 aliphatic rings. The molecule has 2 aromatic heterocycles. The first-order valence-corrected chi connectivity index (χ1v) is 7.78. The highest BCUT2D eigenvalue weighted by molar-refractivity contribution is 5.68. The second kappa shape index (κ2) is 7.72. The molecule has 5 nitrogen and oxygen atoms in total. The maximum Gasteiger partial charge on any atom is 0.213 e. The summed E-state index contributed by atoms with van der Waals surface area (Å²) in [5.41, 5.74) is 2.57. The highest BCUT2D eigenvalue weighted by Gasteiger charge is 2.12. The Hall–Kier alpha value is -2.99. The number of aliphatic hydroxyl groups excluding tert-OH is 1. The lowest BCUT2D eigenvalue weighted by Crippen LogP contribution is -2.14. The Morgan fingerprint density at radius 3 is 2.68 bits per heavy atom. The number of aromatic nitrogens is 2. The van der Waals surface area contributed by atoms with Crippen molar-refractivity contribution in [2.45, 2.75) is 6.04 Å². The summed E-state index contributed by atoms with van der Waals surface area (Å²) in [5, 5.41) is 12.9. The first kappa shape index (κ1) is 16.9. The average molecular weight is 339 g/mol. The zero-order chi connectivity index (χ0) is 17.6. The molecule has 0 bridgehead atoms. The van der Waals surface area contributed by atoms with Crippen LogP contribution in [0.5, 0.6) is 5.88 Å². The largest absolute Gasteiger partial charge is 0.481 e. The van der Waals surface area contributed by atoms with E-state index in [2.05, 4.69) is 15.3 Å². The van der Waals surface area contributed by atoms with E-state index in [0.29, 0.717) is 22.7 Å². The van der Waals surface area contributed by atoms with Crippen LogP contribution < -0.4 is 10.1 Å². The van der Waals surface area contributed by atoms with Crippen molar-refractivity contribution in [3.8, 4) is 17.0 Å². The zero-order valence-electron chi connectivity index (χ0n) is 13.7. The molecule has 6 heteroatoms. The molecule has 0 fully saturated rings. The van der Waals surface area contributed by atoms with Gasteiger partial charge in [0.15, 0.2) is 0 Å². The van der Waals surface area contributed by atoms with Crippen LogP contribution in [0.15, 0.2) is 61.1 Å². The van der Waals surface area contributed by atoms with E-state index in [0.717, 1.165) is 11.8 Å². The number of methoxy groups -OCH3 is 1. The van der Waals surface area contributed by atoms with Gasteiger partial charge in [-0.05, 0) is 11.6 Å². The van der Waals surface area contributed by atoms with Gasteiger partial charge in [-0.15, -0.1) is 0 Å².